The van der Waals surface area contributed by atoms with Crippen LogP contribution in [0.25, 0.3) is 0 Å². The van der Waals surface area contributed by atoms with Crippen LogP contribution in [0.2, 0.25) is 5.02 Å². The van der Waals surface area contributed by atoms with Gasteiger partial charge in [-0.05, 0) is 24.3 Å². The summed E-state index contributed by atoms with van der Waals surface area (Å²) in [5.41, 5.74) is 0. The number of nitrogens with zero attached hydrogens (tertiary/aromatic N) is 2. The van der Waals surface area contributed by atoms with Gasteiger partial charge >= 0.3 is 0 Å². The third kappa shape index (κ3) is 3.33. The van der Waals surface area contributed by atoms with Crippen LogP contribution in [0.4, 0.5) is 11.6 Å². The summed E-state index contributed by atoms with van der Waals surface area (Å²) < 4.78 is 26.4. The minimum atomic E-state index is -3.70. The summed E-state index contributed by atoms with van der Waals surface area (Å²) in [4.78, 5) is 7.87. The van der Waals surface area contributed by atoms with Crippen molar-refractivity contribution in [3.8, 4) is 0 Å². The van der Waals surface area contributed by atoms with Gasteiger partial charge in [-0.1, -0.05) is 11.6 Å². The topological polar surface area (TPSA) is 84.0 Å². The molecule has 0 spiro atoms. The Balaban J connectivity index is 2.24. The van der Waals surface area contributed by atoms with Crippen LogP contribution < -0.4 is 10.0 Å². The molecule has 2 rings (SSSR count). The maximum absolute atomic E-state index is 12.0. The Kier molecular flexibility index (Phi) is 3.87. The molecule has 2 aromatic rings. The van der Waals surface area contributed by atoms with Crippen LogP contribution in [-0.4, -0.2) is 25.4 Å². The van der Waals surface area contributed by atoms with Crippen LogP contribution in [0.5, 0.6) is 0 Å². The third-order valence-corrected chi connectivity index (χ3v) is 3.83. The first kappa shape index (κ1) is 13.6. The summed E-state index contributed by atoms with van der Waals surface area (Å²) in [6.07, 6.45) is 2.63. The van der Waals surface area contributed by atoms with E-state index in [1.807, 2.05) is 0 Å². The Hall–Kier alpha value is -1.86. The minimum absolute atomic E-state index is 0.0586. The van der Waals surface area contributed by atoms with E-state index in [4.69, 9.17) is 11.6 Å². The molecule has 0 aliphatic rings. The number of hydrogen-bond acceptors (Lipinski definition) is 5. The fourth-order valence-corrected chi connectivity index (χ4v) is 2.38. The second kappa shape index (κ2) is 5.41. The van der Waals surface area contributed by atoms with Crippen LogP contribution in [0.15, 0.2) is 41.6 Å². The number of nitrogens with one attached hydrogen (secondary N) is 2. The van der Waals surface area contributed by atoms with Crippen molar-refractivity contribution in [2.75, 3.05) is 17.1 Å². The highest BCUT2D eigenvalue weighted by atomic mass is 35.5. The highest BCUT2D eigenvalue weighted by Gasteiger charge is 2.15. The number of rotatable bonds is 4. The summed E-state index contributed by atoms with van der Waals surface area (Å²) in [6, 6.07) is 6.06. The van der Waals surface area contributed by atoms with Crippen LogP contribution >= 0.6 is 11.6 Å². The van der Waals surface area contributed by atoms with Gasteiger partial charge in [-0.15, -0.1) is 0 Å². The molecule has 8 heteroatoms. The molecule has 19 heavy (non-hydrogen) atoms. The zero-order valence-electron chi connectivity index (χ0n) is 9.96. The molecule has 0 saturated heterocycles. The van der Waals surface area contributed by atoms with E-state index in [0.29, 0.717) is 10.8 Å². The van der Waals surface area contributed by atoms with Crippen molar-refractivity contribution < 1.29 is 8.42 Å². The van der Waals surface area contributed by atoms with Crippen molar-refractivity contribution in [3.63, 3.8) is 0 Å². The molecule has 2 N–H and O–H groups in total. The lowest BCUT2D eigenvalue weighted by Crippen LogP contribution is -2.14. The first-order valence-electron chi connectivity index (χ1n) is 5.29. The maximum atomic E-state index is 12.0. The van der Waals surface area contributed by atoms with Crippen molar-refractivity contribution >= 4 is 33.3 Å². The zero-order valence-corrected chi connectivity index (χ0v) is 11.5. The van der Waals surface area contributed by atoms with Crippen LogP contribution in [0.3, 0.4) is 0 Å². The molecule has 0 radical (unpaired) electrons. The molecular weight excluding hydrogens is 288 g/mol. The molecule has 2 aromatic heterocycles. The fourth-order valence-electron chi connectivity index (χ4n) is 1.32. The van der Waals surface area contributed by atoms with Crippen molar-refractivity contribution in [1.29, 1.82) is 0 Å². The summed E-state index contributed by atoms with van der Waals surface area (Å²) in [5, 5.41) is 3.24. The molecule has 0 aliphatic heterocycles. The molecule has 6 nitrogen and oxygen atoms in total. The van der Waals surface area contributed by atoms with Gasteiger partial charge in [0, 0.05) is 19.4 Å². The molecule has 2 heterocycles. The van der Waals surface area contributed by atoms with Gasteiger partial charge in [0.15, 0.2) is 0 Å². The Morgan fingerprint density at radius 3 is 2.26 bits per heavy atom. The molecule has 100 valence electrons. The van der Waals surface area contributed by atoms with E-state index >= 15 is 0 Å². The van der Waals surface area contributed by atoms with E-state index in [-0.39, 0.29) is 10.7 Å². The normalized spacial score (nSPS) is 11.1. The second-order valence-electron chi connectivity index (χ2n) is 3.60. The molecule has 0 atom stereocenters. The van der Waals surface area contributed by atoms with Crippen LogP contribution in [-0.2, 0) is 10.0 Å². The first-order chi connectivity index (χ1) is 9.01. The van der Waals surface area contributed by atoms with Crippen molar-refractivity contribution in [2.24, 2.45) is 0 Å². The van der Waals surface area contributed by atoms with Gasteiger partial charge in [0.25, 0.3) is 10.0 Å². The van der Waals surface area contributed by atoms with Gasteiger partial charge in [-0.2, -0.15) is 0 Å². The largest absolute Gasteiger partial charge is 0.373 e. The van der Waals surface area contributed by atoms with Crippen molar-refractivity contribution in [1.82, 2.24) is 9.97 Å². The van der Waals surface area contributed by atoms with Gasteiger partial charge in [0.05, 0.1) is 5.02 Å². The average Bonchev–Trinajstić information content (AvgIpc) is 2.41. The Morgan fingerprint density at radius 1 is 1.05 bits per heavy atom. The Bertz CT molecular complexity index is 656. The third-order valence-electron chi connectivity index (χ3n) is 2.27. The van der Waals surface area contributed by atoms with Crippen LogP contribution in [0.1, 0.15) is 0 Å². The van der Waals surface area contributed by atoms with E-state index in [1.54, 1.807) is 19.2 Å². The fraction of sp³-hybridized carbons (Fsp3) is 0.0909. The molecule has 0 fully saturated rings. The zero-order chi connectivity index (χ0) is 13.9. The van der Waals surface area contributed by atoms with E-state index < -0.39 is 10.0 Å². The second-order valence-corrected chi connectivity index (χ2v) is 5.72. The Labute approximate surface area is 115 Å². The first-order valence-corrected chi connectivity index (χ1v) is 7.15. The SMILES string of the molecule is CNc1ccc(S(=O)(=O)Nc2ccc(Cl)cn2)cn1. The van der Waals surface area contributed by atoms with Gasteiger partial charge in [-0.3, -0.25) is 4.72 Å². The lowest BCUT2D eigenvalue weighted by molar-refractivity contribution is 0.600. The number of anilines is 2. The number of halogens is 1. The number of pyridine rings is 2. The monoisotopic (exact) mass is 298 g/mol. The smallest absolute Gasteiger partial charge is 0.264 e. The average molecular weight is 299 g/mol. The van der Waals surface area contributed by atoms with Crippen molar-refractivity contribution in [3.05, 3.63) is 41.7 Å². The number of aromatic nitrogens is 2. The minimum Gasteiger partial charge on any atom is -0.373 e. The van der Waals surface area contributed by atoms with Gasteiger partial charge in [-0.25, -0.2) is 18.4 Å². The molecular formula is C11H11ClN4O2S. The lowest BCUT2D eigenvalue weighted by atomic mass is 10.5. The highest BCUT2D eigenvalue weighted by Crippen LogP contribution is 2.16. The number of hydrogen-bond donors (Lipinski definition) is 2. The molecule has 0 unspecified atom stereocenters. The predicted octanol–water partition coefficient (Wildman–Crippen LogP) is 1.97. The molecule has 0 aliphatic carbocycles. The molecule has 0 saturated carbocycles. The van der Waals surface area contributed by atoms with Gasteiger partial charge < -0.3 is 5.32 Å². The lowest BCUT2D eigenvalue weighted by Gasteiger charge is -2.07. The summed E-state index contributed by atoms with van der Waals surface area (Å²) >= 11 is 5.68. The number of sulfonamides is 1. The van der Waals surface area contributed by atoms with E-state index in [1.165, 1.54) is 24.5 Å². The maximum Gasteiger partial charge on any atom is 0.264 e. The summed E-state index contributed by atoms with van der Waals surface area (Å²) in [6.45, 7) is 0. The van der Waals surface area contributed by atoms with Crippen LogP contribution in [0, 0.1) is 0 Å². The highest BCUT2D eigenvalue weighted by molar-refractivity contribution is 7.92. The van der Waals surface area contributed by atoms with E-state index in [2.05, 4.69) is 20.0 Å². The van der Waals surface area contributed by atoms with E-state index in [9.17, 15) is 8.42 Å². The van der Waals surface area contributed by atoms with Gasteiger partial charge in [0.1, 0.15) is 16.5 Å². The van der Waals surface area contributed by atoms with Crippen molar-refractivity contribution in [2.45, 2.75) is 4.90 Å². The quantitative estimate of drug-likeness (QED) is 0.901. The molecule has 0 amide bonds. The summed E-state index contributed by atoms with van der Waals surface area (Å²) in [7, 11) is -2.00. The van der Waals surface area contributed by atoms with Gasteiger partial charge in [0.2, 0.25) is 0 Å². The molecule has 0 bridgehead atoms. The summed E-state index contributed by atoms with van der Waals surface area (Å²) in [5.74, 6) is 0.783. The van der Waals surface area contributed by atoms with E-state index in [0.717, 1.165) is 0 Å². The Morgan fingerprint density at radius 2 is 1.74 bits per heavy atom. The predicted molar refractivity (Wildman–Crippen MR) is 73.8 cm³/mol. The standard InChI is InChI=1S/C11H11ClN4O2S/c1-13-10-5-3-9(7-15-10)19(17,18)16-11-4-2-8(12)6-14-11/h2-7H,1H3,(H,13,15)(H,14,16). The molecule has 0 aromatic carbocycles.